The Morgan fingerprint density at radius 1 is 0.900 bits per heavy atom. The highest BCUT2D eigenvalue weighted by Crippen LogP contribution is 2.27. The molecule has 2 aromatic rings. The van der Waals surface area contributed by atoms with Crippen LogP contribution in [-0.2, 0) is 6.18 Å². The molecule has 0 fully saturated rings. The number of halogens is 7. The van der Waals surface area contributed by atoms with E-state index in [0.717, 1.165) is 16.7 Å². The minimum Gasteiger partial charge on any atom is -0.251 e. The lowest BCUT2D eigenvalue weighted by Gasteiger charge is -2.03. The van der Waals surface area contributed by atoms with Crippen LogP contribution in [-0.4, -0.2) is 4.98 Å². The maximum Gasteiger partial charge on any atom is 0.433 e. The third-order valence-electron chi connectivity index (χ3n) is 1.85. The van der Waals surface area contributed by atoms with Crippen molar-refractivity contribution in [2.75, 3.05) is 0 Å². The van der Waals surface area contributed by atoms with E-state index >= 15 is 0 Å². The molecule has 0 aliphatic carbocycles. The van der Waals surface area contributed by atoms with Gasteiger partial charge in [-0.15, -0.1) is 0 Å². The molecule has 0 saturated carbocycles. The summed E-state index contributed by atoms with van der Waals surface area (Å²) < 4.78 is 37.0. The van der Waals surface area contributed by atoms with Crippen LogP contribution in [0.15, 0.2) is 45.5 Å². The molecule has 1 nitrogen and oxygen atoms in total. The van der Waals surface area contributed by atoms with Gasteiger partial charge in [0.05, 0.1) is 0 Å². The van der Waals surface area contributed by atoms with Crippen LogP contribution < -0.4 is 0 Å². The van der Waals surface area contributed by atoms with Gasteiger partial charge in [0.2, 0.25) is 0 Å². The van der Waals surface area contributed by atoms with E-state index in [1.807, 2.05) is 0 Å². The lowest BCUT2D eigenvalue weighted by Crippen LogP contribution is -2.06. The molecular weight excluding hydrogens is 446 g/mol. The third-order valence-corrected chi connectivity index (χ3v) is 3.21. The van der Waals surface area contributed by atoms with Crippen molar-refractivity contribution in [2.45, 2.75) is 6.18 Å². The highest BCUT2D eigenvalue weighted by molar-refractivity contribution is 9.10. The summed E-state index contributed by atoms with van der Waals surface area (Å²) in [6.07, 6.45) is -3.23. The molecule has 0 spiro atoms. The highest BCUT2D eigenvalue weighted by atomic mass is 79.9. The second kappa shape index (κ2) is 7.64. The van der Waals surface area contributed by atoms with Crippen LogP contribution >= 0.6 is 55.1 Å². The first kappa shape index (κ1) is 17.8. The van der Waals surface area contributed by atoms with E-state index in [0.29, 0.717) is 14.5 Å². The molecule has 20 heavy (non-hydrogen) atoms. The number of alkyl halides is 3. The van der Waals surface area contributed by atoms with Crippen LogP contribution in [0.2, 0.25) is 10.0 Å². The van der Waals surface area contributed by atoms with Gasteiger partial charge in [-0.2, -0.15) is 13.2 Å². The minimum absolute atomic E-state index is 0.533. The van der Waals surface area contributed by atoms with Crippen molar-refractivity contribution in [2.24, 2.45) is 0 Å². The Hall–Kier alpha value is -0.300. The average molecular weight is 452 g/mol. The SMILES string of the molecule is Clc1cc(Cl)cc(Br)c1.FC(F)(F)c1ccc(Br)cn1. The van der Waals surface area contributed by atoms with Crippen LogP contribution in [0, 0.1) is 0 Å². The maximum absolute atomic E-state index is 11.8. The number of aromatic nitrogens is 1. The largest absolute Gasteiger partial charge is 0.433 e. The quantitative estimate of drug-likeness (QED) is 0.438. The van der Waals surface area contributed by atoms with Crippen molar-refractivity contribution in [1.82, 2.24) is 4.98 Å². The van der Waals surface area contributed by atoms with Crippen LogP contribution in [0.4, 0.5) is 13.2 Å². The summed E-state index contributed by atoms with van der Waals surface area (Å²) in [5.74, 6) is 0. The van der Waals surface area contributed by atoms with Crippen molar-refractivity contribution in [3.8, 4) is 0 Å². The van der Waals surface area contributed by atoms with Crippen molar-refractivity contribution in [3.05, 3.63) is 61.2 Å². The Morgan fingerprint density at radius 3 is 1.80 bits per heavy atom. The summed E-state index contributed by atoms with van der Waals surface area (Å²) in [7, 11) is 0. The van der Waals surface area contributed by atoms with E-state index in [1.165, 1.54) is 6.07 Å². The maximum atomic E-state index is 11.8. The van der Waals surface area contributed by atoms with Crippen molar-refractivity contribution < 1.29 is 13.2 Å². The van der Waals surface area contributed by atoms with E-state index in [9.17, 15) is 13.2 Å². The van der Waals surface area contributed by atoms with E-state index in [2.05, 4.69) is 36.8 Å². The fourth-order valence-corrected chi connectivity index (χ4v) is 2.58. The van der Waals surface area contributed by atoms with Gasteiger partial charge in [0.25, 0.3) is 0 Å². The first-order valence-electron chi connectivity index (χ1n) is 4.99. The number of benzene rings is 1. The van der Waals surface area contributed by atoms with Crippen LogP contribution in [0.25, 0.3) is 0 Å². The number of rotatable bonds is 0. The molecule has 2 rings (SSSR count). The van der Waals surface area contributed by atoms with Crippen LogP contribution in [0.3, 0.4) is 0 Å². The van der Waals surface area contributed by atoms with Crippen LogP contribution in [0.1, 0.15) is 5.69 Å². The summed E-state index contributed by atoms with van der Waals surface area (Å²) in [6.45, 7) is 0. The van der Waals surface area contributed by atoms with E-state index in [4.69, 9.17) is 23.2 Å². The Labute approximate surface area is 140 Å². The van der Waals surface area contributed by atoms with Gasteiger partial charge in [0.15, 0.2) is 0 Å². The first-order valence-corrected chi connectivity index (χ1v) is 7.33. The lowest BCUT2D eigenvalue weighted by atomic mass is 10.3. The second-order valence-corrected chi connectivity index (χ2v) is 6.15. The van der Waals surface area contributed by atoms with Gasteiger partial charge >= 0.3 is 6.18 Å². The predicted octanol–water partition coefficient (Wildman–Crippen LogP) is 6.62. The van der Waals surface area contributed by atoms with E-state index in [-0.39, 0.29) is 0 Å². The number of nitrogens with zero attached hydrogens (tertiary/aromatic N) is 1. The molecule has 0 aliphatic heterocycles. The molecular formula is C12H6Br2Cl2F3N. The van der Waals surface area contributed by atoms with Gasteiger partial charge < -0.3 is 0 Å². The van der Waals surface area contributed by atoms with Crippen molar-refractivity contribution >= 4 is 55.1 Å². The molecule has 108 valence electrons. The first-order chi connectivity index (χ1) is 9.18. The van der Waals surface area contributed by atoms with Gasteiger partial charge in [-0.1, -0.05) is 39.1 Å². The molecule has 0 N–H and O–H groups in total. The van der Waals surface area contributed by atoms with Crippen molar-refractivity contribution in [1.29, 1.82) is 0 Å². The van der Waals surface area contributed by atoms with Gasteiger partial charge in [-0.05, 0) is 46.3 Å². The summed E-state index contributed by atoms with van der Waals surface area (Å²) in [6, 6.07) is 7.48. The Bertz CT molecular complexity index is 523. The second-order valence-electron chi connectivity index (χ2n) is 3.45. The van der Waals surface area contributed by atoms with Gasteiger partial charge in [-0.25, -0.2) is 0 Å². The monoisotopic (exact) mass is 449 g/mol. The zero-order valence-corrected chi connectivity index (χ0v) is 14.2. The molecule has 1 heterocycles. The molecule has 1 aromatic carbocycles. The van der Waals surface area contributed by atoms with E-state index in [1.54, 1.807) is 18.2 Å². The standard InChI is InChI=1S/C6H3BrCl2.C6H3BrF3N/c7-4-1-5(8)3-6(9)2-4;7-4-1-2-5(11-3-4)6(8,9)10/h1-3H;1-3H. The summed E-state index contributed by atoms with van der Waals surface area (Å²) >= 11 is 17.5. The molecule has 1 aromatic heterocycles. The average Bonchev–Trinajstić information content (AvgIpc) is 2.26. The Kier molecular flexibility index (Phi) is 6.78. The highest BCUT2D eigenvalue weighted by Gasteiger charge is 2.31. The molecule has 8 heteroatoms. The zero-order chi connectivity index (χ0) is 15.3. The molecule has 0 aliphatic rings. The number of pyridine rings is 1. The summed E-state index contributed by atoms with van der Waals surface area (Å²) in [5.41, 5.74) is -0.874. The molecule has 0 saturated heterocycles. The molecule has 0 amide bonds. The van der Waals surface area contributed by atoms with Gasteiger partial charge in [-0.3, -0.25) is 4.98 Å². The Morgan fingerprint density at radius 2 is 1.45 bits per heavy atom. The van der Waals surface area contributed by atoms with E-state index < -0.39 is 11.9 Å². The predicted molar refractivity (Wildman–Crippen MR) is 81.1 cm³/mol. The summed E-state index contributed by atoms with van der Waals surface area (Å²) in [4.78, 5) is 3.18. The molecule has 0 unspecified atom stereocenters. The zero-order valence-electron chi connectivity index (χ0n) is 9.56. The molecule has 0 atom stereocenters. The minimum atomic E-state index is -4.35. The topological polar surface area (TPSA) is 12.9 Å². The number of hydrogen-bond acceptors (Lipinski definition) is 1. The van der Waals surface area contributed by atoms with Gasteiger partial charge in [0.1, 0.15) is 5.69 Å². The normalized spacial score (nSPS) is 10.8. The lowest BCUT2D eigenvalue weighted by molar-refractivity contribution is -0.141. The molecule has 0 radical (unpaired) electrons. The van der Waals surface area contributed by atoms with Gasteiger partial charge in [0, 0.05) is 25.2 Å². The number of hydrogen-bond donors (Lipinski definition) is 0. The third kappa shape index (κ3) is 6.43. The van der Waals surface area contributed by atoms with Crippen LogP contribution in [0.5, 0.6) is 0 Å². The Balaban J connectivity index is 0.000000204. The fraction of sp³-hybridized carbons (Fsp3) is 0.0833. The fourth-order valence-electron chi connectivity index (χ4n) is 1.06. The molecule has 0 bridgehead atoms. The summed E-state index contributed by atoms with van der Waals surface area (Å²) in [5, 5.41) is 1.30. The smallest absolute Gasteiger partial charge is 0.251 e. The van der Waals surface area contributed by atoms with Crippen molar-refractivity contribution in [3.63, 3.8) is 0 Å².